The molecule has 172 valence electrons. The van der Waals surface area contributed by atoms with Gasteiger partial charge in [0.05, 0.1) is 6.10 Å². The quantitative estimate of drug-likeness (QED) is 0.407. The number of nitrogen functional groups attached to an aromatic ring is 1. The summed E-state index contributed by atoms with van der Waals surface area (Å²) >= 11 is 0. The molecule has 0 saturated carbocycles. The number of halogens is 1. The van der Waals surface area contributed by atoms with E-state index in [0.29, 0.717) is 0 Å². The number of amides is 1. The molecular weight excluding hydrogens is 423 g/mol. The van der Waals surface area contributed by atoms with Crippen LogP contribution in [0.1, 0.15) is 40.7 Å². The van der Waals surface area contributed by atoms with E-state index in [1.165, 1.54) is 19.1 Å². The lowest BCUT2D eigenvalue weighted by molar-refractivity contribution is 0.0116. The number of fused-ring (bicyclic) bond motifs is 3. The van der Waals surface area contributed by atoms with Crippen LogP contribution in [0.2, 0.25) is 0 Å². The maximum atomic E-state index is 14.3. The van der Waals surface area contributed by atoms with E-state index in [1.54, 1.807) is 0 Å². The van der Waals surface area contributed by atoms with Crippen LogP contribution in [0.15, 0.2) is 60.7 Å². The standard InChI is InChI=1S/C26H27FN2O4/c1-15-22(28)11-10-20(24(15)27)25(31)23(30)12-13-29-26(32)33-14-21-18-8-4-2-6-16(18)17-7-3-5-9-19(17)21/h2-11,21,23,25,30-31H,12-14,28H2,1H3,(H,29,32). The van der Waals surface area contributed by atoms with Crippen LogP contribution in [0.25, 0.3) is 11.1 Å². The second-order valence-electron chi connectivity index (χ2n) is 8.24. The molecule has 5 N–H and O–H groups in total. The molecule has 0 aliphatic heterocycles. The first-order chi connectivity index (χ1) is 15.9. The van der Waals surface area contributed by atoms with Crippen molar-refractivity contribution in [3.8, 4) is 11.1 Å². The van der Waals surface area contributed by atoms with Crippen molar-refractivity contribution in [2.45, 2.75) is 31.5 Å². The normalized spacial score (nSPS) is 14.3. The molecule has 0 spiro atoms. The van der Waals surface area contributed by atoms with Gasteiger partial charge in [-0.05, 0) is 41.7 Å². The van der Waals surface area contributed by atoms with Gasteiger partial charge in [0.25, 0.3) is 0 Å². The van der Waals surface area contributed by atoms with Crippen LogP contribution >= 0.6 is 0 Å². The summed E-state index contributed by atoms with van der Waals surface area (Å²) < 4.78 is 19.8. The number of nitrogens with one attached hydrogen (secondary N) is 1. The van der Waals surface area contributed by atoms with Gasteiger partial charge in [0.15, 0.2) is 0 Å². The number of alkyl carbamates (subject to hydrolysis) is 1. The molecule has 4 rings (SSSR count). The fraction of sp³-hybridized carbons (Fsp3) is 0.269. The molecule has 1 aliphatic rings. The van der Waals surface area contributed by atoms with Gasteiger partial charge in [0.1, 0.15) is 18.5 Å². The average molecular weight is 451 g/mol. The highest BCUT2D eigenvalue weighted by atomic mass is 19.1. The smallest absolute Gasteiger partial charge is 0.407 e. The zero-order valence-electron chi connectivity index (χ0n) is 18.3. The summed E-state index contributed by atoms with van der Waals surface area (Å²) in [5.74, 6) is -0.696. The van der Waals surface area contributed by atoms with Gasteiger partial charge in [-0.2, -0.15) is 0 Å². The third kappa shape index (κ3) is 4.55. The van der Waals surface area contributed by atoms with Gasteiger partial charge >= 0.3 is 6.09 Å². The molecule has 3 aromatic carbocycles. The lowest BCUT2D eigenvalue weighted by Gasteiger charge is -2.20. The minimum Gasteiger partial charge on any atom is -0.449 e. The van der Waals surface area contributed by atoms with Gasteiger partial charge in [-0.1, -0.05) is 54.6 Å². The lowest BCUT2D eigenvalue weighted by Crippen LogP contribution is -2.31. The fourth-order valence-electron chi connectivity index (χ4n) is 4.29. The first-order valence-corrected chi connectivity index (χ1v) is 10.9. The first-order valence-electron chi connectivity index (χ1n) is 10.9. The second-order valence-corrected chi connectivity index (χ2v) is 8.24. The molecule has 0 bridgehead atoms. The number of rotatable bonds is 7. The number of hydrogen-bond acceptors (Lipinski definition) is 5. The summed E-state index contributed by atoms with van der Waals surface area (Å²) in [6, 6.07) is 19.0. The molecule has 0 aromatic heterocycles. The molecule has 7 heteroatoms. The van der Waals surface area contributed by atoms with Crippen LogP contribution in [0.5, 0.6) is 0 Å². The van der Waals surface area contributed by atoms with Gasteiger partial charge in [-0.25, -0.2) is 9.18 Å². The number of nitrogens with two attached hydrogens (primary N) is 1. The molecule has 2 atom stereocenters. The zero-order chi connectivity index (χ0) is 23.5. The van der Waals surface area contributed by atoms with E-state index in [0.717, 1.165) is 22.3 Å². The van der Waals surface area contributed by atoms with Crippen molar-refractivity contribution < 1.29 is 24.1 Å². The first kappa shape index (κ1) is 22.8. The van der Waals surface area contributed by atoms with E-state index in [-0.39, 0.29) is 42.3 Å². The molecule has 0 radical (unpaired) electrons. The van der Waals surface area contributed by atoms with Gasteiger partial charge in [-0.3, -0.25) is 0 Å². The Balaban J connectivity index is 1.30. The van der Waals surface area contributed by atoms with Crippen molar-refractivity contribution in [1.82, 2.24) is 5.32 Å². The van der Waals surface area contributed by atoms with Crippen molar-refractivity contribution in [2.24, 2.45) is 0 Å². The number of carbonyl (C=O) groups is 1. The third-order valence-corrected chi connectivity index (χ3v) is 6.19. The Morgan fingerprint density at radius 2 is 1.67 bits per heavy atom. The number of benzene rings is 3. The molecule has 0 saturated heterocycles. The summed E-state index contributed by atoms with van der Waals surface area (Å²) in [4.78, 5) is 12.2. The highest BCUT2D eigenvalue weighted by Gasteiger charge is 2.29. The summed E-state index contributed by atoms with van der Waals surface area (Å²) in [6.07, 6.45) is -3.30. The molecule has 0 heterocycles. The maximum absolute atomic E-state index is 14.3. The van der Waals surface area contributed by atoms with E-state index >= 15 is 0 Å². The number of anilines is 1. The van der Waals surface area contributed by atoms with E-state index in [2.05, 4.69) is 17.4 Å². The van der Waals surface area contributed by atoms with Crippen molar-refractivity contribution in [3.63, 3.8) is 0 Å². The maximum Gasteiger partial charge on any atom is 0.407 e. The Labute approximate surface area is 191 Å². The number of carbonyl (C=O) groups excluding carboxylic acids is 1. The third-order valence-electron chi connectivity index (χ3n) is 6.19. The topological polar surface area (TPSA) is 105 Å². The Kier molecular flexibility index (Phi) is 6.62. The predicted molar refractivity (Wildman–Crippen MR) is 124 cm³/mol. The van der Waals surface area contributed by atoms with Crippen LogP contribution in [0.3, 0.4) is 0 Å². The number of hydrogen-bond donors (Lipinski definition) is 4. The summed E-state index contributed by atoms with van der Waals surface area (Å²) in [5.41, 5.74) is 10.6. The summed E-state index contributed by atoms with van der Waals surface area (Å²) in [5, 5.41) is 23.1. The molecule has 6 nitrogen and oxygen atoms in total. The summed E-state index contributed by atoms with van der Waals surface area (Å²) in [6.45, 7) is 1.75. The van der Waals surface area contributed by atoms with Crippen LogP contribution in [0.4, 0.5) is 14.9 Å². The van der Waals surface area contributed by atoms with E-state index in [4.69, 9.17) is 10.5 Å². The molecule has 33 heavy (non-hydrogen) atoms. The number of aliphatic hydroxyl groups is 2. The predicted octanol–water partition coefficient (Wildman–Crippen LogP) is 4.04. The van der Waals surface area contributed by atoms with E-state index < -0.39 is 24.1 Å². The van der Waals surface area contributed by atoms with Gasteiger partial charge in [-0.15, -0.1) is 0 Å². The molecule has 2 unspecified atom stereocenters. The Bertz CT molecular complexity index is 1120. The van der Waals surface area contributed by atoms with Gasteiger partial charge in [0.2, 0.25) is 0 Å². The molecular formula is C26H27FN2O4. The zero-order valence-corrected chi connectivity index (χ0v) is 18.3. The second kappa shape index (κ2) is 9.60. The highest BCUT2D eigenvalue weighted by molar-refractivity contribution is 5.79. The number of aliphatic hydroxyl groups excluding tert-OH is 2. The van der Waals surface area contributed by atoms with Crippen LogP contribution in [0, 0.1) is 12.7 Å². The van der Waals surface area contributed by atoms with Crippen molar-refractivity contribution in [1.29, 1.82) is 0 Å². The Morgan fingerprint density at radius 3 is 2.30 bits per heavy atom. The Morgan fingerprint density at radius 1 is 1.06 bits per heavy atom. The van der Waals surface area contributed by atoms with E-state index in [9.17, 15) is 19.4 Å². The lowest BCUT2D eigenvalue weighted by atomic mass is 9.98. The van der Waals surface area contributed by atoms with Crippen LogP contribution < -0.4 is 11.1 Å². The number of ether oxygens (including phenoxy) is 1. The molecule has 1 aliphatic carbocycles. The monoisotopic (exact) mass is 450 g/mol. The minimum absolute atomic E-state index is 0.0220. The van der Waals surface area contributed by atoms with Crippen molar-refractivity contribution in [2.75, 3.05) is 18.9 Å². The molecule has 3 aromatic rings. The molecule has 1 amide bonds. The SMILES string of the molecule is Cc1c(N)ccc(C(O)C(O)CCNC(=O)OCC2c3ccccc3-c3ccccc32)c1F. The highest BCUT2D eigenvalue weighted by Crippen LogP contribution is 2.44. The van der Waals surface area contributed by atoms with Gasteiger partial charge < -0.3 is 26.0 Å². The largest absolute Gasteiger partial charge is 0.449 e. The van der Waals surface area contributed by atoms with Crippen LogP contribution in [-0.4, -0.2) is 35.6 Å². The van der Waals surface area contributed by atoms with E-state index in [1.807, 2.05) is 36.4 Å². The Hall–Kier alpha value is -3.42. The fourth-order valence-corrected chi connectivity index (χ4v) is 4.29. The van der Waals surface area contributed by atoms with Crippen LogP contribution in [-0.2, 0) is 4.74 Å². The van der Waals surface area contributed by atoms with Gasteiger partial charge in [0, 0.05) is 29.3 Å². The molecule has 0 fully saturated rings. The average Bonchev–Trinajstić information content (AvgIpc) is 3.14. The minimum atomic E-state index is -1.44. The summed E-state index contributed by atoms with van der Waals surface area (Å²) in [7, 11) is 0. The van der Waals surface area contributed by atoms with Crippen molar-refractivity contribution in [3.05, 3.63) is 88.7 Å². The van der Waals surface area contributed by atoms with Crippen molar-refractivity contribution >= 4 is 11.8 Å².